The topological polar surface area (TPSA) is 83.6 Å². The van der Waals surface area contributed by atoms with E-state index in [9.17, 15) is 9.59 Å². The Labute approximate surface area is 113 Å². The lowest BCUT2D eigenvalue weighted by molar-refractivity contribution is -0.141. The normalized spacial score (nSPS) is 19.3. The molecule has 0 bridgehead atoms. The molecule has 0 aromatic heterocycles. The van der Waals surface area contributed by atoms with Gasteiger partial charge in [-0.05, 0) is 12.1 Å². The molecule has 7 heteroatoms. The predicted molar refractivity (Wildman–Crippen MR) is 69.0 cm³/mol. The zero-order valence-corrected chi connectivity index (χ0v) is 10.7. The maximum atomic E-state index is 11.8. The van der Waals surface area contributed by atoms with E-state index in [1.165, 1.54) is 17.0 Å². The Kier molecular flexibility index (Phi) is 3.36. The van der Waals surface area contributed by atoms with Crippen LogP contribution in [0.15, 0.2) is 12.1 Å². The number of benzene rings is 1. The number of nitrogens with zero attached hydrogens (tertiary/aromatic N) is 1. The van der Waals surface area contributed by atoms with E-state index in [4.69, 9.17) is 34.0 Å². The van der Waals surface area contributed by atoms with E-state index in [-0.39, 0.29) is 28.9 Å². The number of aliphatic carboxylic acids is 1. The summed E-state index contributed by atoms with van der Waals surface area (Å²) in [6.45, 7) is 0.0914. The van der Waals surface area contributed by atoms with Crippen molar-refractivity contribution in [3.63, 3.8) is 0 Å². The number of carbonyl (C=O) groups is 2. The fraction of sp³-hybridized carbons (Fsp3) is 0.273. The molecule has 0 spiro atoms. The average Bonchev–Trinajstić information content (AvgIpc) is 2.66. The van der Waals surface area contributed by atoms with Crippen molar-refractivity contribution in [2.45, 2.75) is 6.42 Å². The van der Waals surface area contributed by atoms with Gasteiger partial charge >= 0.3 is 5.97 Å². The van der Waals surface area contributed by atoms with Gasteiger partial charge in [0.2, 0.25) is 5.91 Å². The molecule has 0 saturated carbocycles. The third kappa shape index (κ3) is 2.23. The third-order valence-electron chi connectivity index (χ3n) is 2.83. The van der Waals surface area contributed by atoms with Crippen molar-refractivity contribution in [3.05, 3.63) is 22.2 Å². The van der Waals surface area contributed by atoms with Crippen molar-refractivity contribution in [3.8, 4) is 0 Å². The van der Waals surface area contributed by atoms with E-state index in [0.29, 0.717) is 11.4 Å². The summed E-state index contributed by atoms with van der Waals surface area (Å²) in [5.41, 5.74) is 6.29. The Morgan fingerprint density at radius 1 is 1.39 bits per heavy atom. The summed E-state index contributed by atoms with van der Waals surface area (Å²) in [4.78, 5) is 24.0. The monoisotopic (exact) mass is 288 g/mol. The number of carboxylic acid groups (broad SMARTS) is 1. The number of carbonyl (C=O) groups excluding carboxylic acids is 1. The molecular formula is C11H10Cl2N2O3. The van der Waals surface area contributed by atoms with Gasteiger partial charge in [-0.25, -0.2) is 0 Å². The largest absolute Gasteiger partial charge is 0.481 e. The second kappa shape index (κ2) is 4.66. The van der Waals surface area contributed by atoms with Crippen molar-refractivity contribution in [1.29, 1.82) is 0 Å². The molecule has 1 saturated heterocycles. The lowest BCUT2D eigenvalue weighted by Gasteiger charge is -2.18. The Morgan fingerprint density at radius 2 is 2.06 bits per heavy atom. The van der Waals surface area contributed by atoms with Crippen molar-refractivity contribution in [1.82, 2.24) is 0 Å². The standard InChI is InChI=1S/C11H10Cl2N2O3/c12-6-3-9(7(13)2-8(6)14)15-4-5(11(17)18)1-10(15)16/h2-3,5H,1,4,14H2,(H,17,18). The molecule has 1 amide bonds. The highest BCUT2D eigenvalue weighted by Crippen LogP contribution is 2.36. The van der Waals surface area contributed by atoms with Gasteiger partial charge in [0.15, 0.2) is 0 Å². The lowest BCUT2D eigenvalue weighted by Crippen LogP contribution is -2.26. The van der Waals surface area contributed by atoms with E-state index < -0.39 is 11.9 Å². The molecule has 3 N–H and O–H groups in total. The molecule has 18 heavy (non-hydrogen) atoms. The van der Waals surface area contributed by atoms with E-state index in [1.807, 2.05) is 0 Å². The molecule has 1 fully saturated rings. The molecule has 0 aliphatic carbocycles. The fourth-order valence-electron chi connectivity index (χ4n) is 1.86. The van der Waals surface area contributed by atoms with Gasteiger partial charge in [0.1, 0.15) is 0 Å². The highest BCUT2D eigenvalue weighted by Gasteiger charge is 2.36. The van der Waals surface area contributed by atoms with E-state index in [1.54, 1.807) is 0 Å². The Hall–Kier alpha value is -1.46. The van der Waals surface area contributed by atoms with Gasteiger partial charge in [-0.2, -0.15) is 0 Å². The second-order valence-electron chi connectivity index (χ2n) is 4.07. The molecule has 1 aliphatic rings. The number of amides is 1. The van der Waals surface area contributed by atoms with Crippen molar-refractivity contribution in [2.24, 2.45) is 5.92 Å². The van der Waals surface area contributed by atoms with Gasteiger partial charge in [0.25, 0.3) is 0 Å². The van der Waals surface area contributed by atoms with Gasteiger partial charge in [-0.15, -0.1) is 0 Å². The Bertz CT molecular complexity index is 533. The molecule has 1 heterocycles. The van der Waals surface area contributed by atoms with Crippen LogP contribution in [0, 0.1) is 5.92 Å². The number of nitrogen functional groups attached to an aromatic ring is 1. The maximum absolute atomic E-state index is 11.8. The van der Waals surface area contributed by atoms with Crippen LogP contribution in [-0.2, 0) is 9.59 Å². The fourth-order valence-corrected chi connectivity index (χ4v) is 2.30. The maximum Gasteiger partial charge on any atom is 0.308 e. The number of halogens is 2. The molecule has 2 rings (SSSR count). The molecule has 1 aromatic carbocycles. The van der Waals surface area contributed by atoms with Crippen LogP contribution in [0.2, 0.25) is 10.0 Å². The molecule has 5 nitrogen and oxygen atoms in total. The minimum Gasteiger partial charge on any atom is -0.481 e. The van der Waals surface area contributed by atoms with E-state index in [2.05, 4.69) is 0 Å². The average molecular weight is 289 g/mol. The molecule has 1 atom stereocenters. The first-order chi connectivity index (χ1) is 8.40. The molecule has 96 valence electrons. The number of nitrogens with two attached hydrogens (primary N) is 1. The number of hydrogen-bond acceptors (Lipinski definition) is 3. The van der Waals surface area contributed by atoms with Gasteiger partial charge in [0.05, 0.1) is 27.3 Å². The Balaban J connectivity index is 2.35. The third-order valence-corrected chi connectivity index (χ3v) is 3.46. The van der Waals surface area contributed by atoms with E-state index in [0.717, 1.165) is 0 Å². The first-order valence-corrected chi connectivity index (χ1v) is 5.93. The van der Waals surface area contributed by atoms with Gasteiger partial charge in [0, 0.05) is 13.0 Å². The van der Waals surface area contributed by atoms with Gasteiger partial charge < -0.3 is 15.7 Å². The summed E-state index contributed by atoms with van der Waals surface area (Å²) in [5.74, 6) is -2.00. The second-order valence-corrected chi connectivity index (χ2v) is 4.88. The first kappa shape index (κ1) is 13.0. The minimum absolute atomic E-state index is 0.0341. The number of rotatable bonds is 2. The summed E-state index contributed by atoms with van der Waals surface area (Å²) < 4.78 is 0. The van der Waals surface area contributed by atoms with Gasteiger partial charge in [-0.1, -0.05) is 23.2 Å². The number of hydrogen-bond donors (Lipinski definition) is 2. The van der Waals surface area contributed by atoms with Crippen LogP contribution >= 0.6 is 23.2 Å². The van der Waals surface area contributed by atoms with Crippen LogP contribution in [0.1, 0.15) is 6.42 Å². The number of carboxylic acids is 1. The van der Waals surface area contributed by atoms with Crippen LogP contribution < -0.4 is 10.6 Å². The molecule has 1 aliphatic heterocycles. The summed E-state index contributed by atoms with van der Waals surface area (Å²) in [6.07, 6.45) is -0.0341. The SMILES string of the molecule is Nc1cc(Cl)c(N2CC(C(=O)O)CC2=O)cc1Cl. The summed E-state index contributed by atoms with van der Waals surface area (Å²) in [6, 6.07) is 2.92. The smallest absolute Gasteiger partial charge is 0.308 e. The quantitative estimate of drug-likeness (QED) is 0.816. The molecule has 1 unspecified atom stereocenters. The van der Waals surface area contributed by atoms with Crippen molar-refractivity contribution >= 4 is 46.5 Å². The summed E-state index contributed by atoms with van der Waals surface area (Å²) in [5, 5.41) is 9.46. The predicted octanol–water partition coefficient (Wildman–Crippen LogP) is 2.01. The Morgan fingerprint density at radius 3 is 2.61 bits per heavy atom. The first-order valence-electron chi connectivity index (χ1n) is 5.18. The van der Waals surface area contributed by atoms with Crippen molar-refractivity contribution in [2.75, 3.05) is 17.2 Å². The number of anilines is 2. The molecular weight excluding hydrogens is 279 g/mol. The highest BCUT2D eigenvalue weighted by molar-refractivity contribution is 6.37. The molecule has 1 aromatic rings. The molecule has 0 radical (unpaired) electrons. The zero-order valence-electron chi connectivity index (χ0n) is 9.19. The van der Waals surface area contributed by atoms with Crippen molar-refractivity contribution < 1.29 is 14.7 Å². The van der Waals surface area contributed by atoms with Crippen LogP contribution in [0.3, 0.4) is 0 Å². The van der Waals surface area contributed by atoms with Crippen LogP contribution in [0.25, 0.3) is 0 Å². The summed E-state index contributed by atoms with van der Waals surface area (Å²) >= 11 is 11.9. The van der Waals surface area contributed by atoms with Gasteiger partial charge in [-0.3, -0.25) is 9.59 Å². The zero-order chi connectivity index (χ0) is 13.4. The van der Waals surface area contributed by atoms with Crippen LogP contribution in [0.5, 0.6) is 0 Å². The van der Waals surface area contributed by atoms with Crippen LogP contribution in [-0.4, -0.2) is 23.5 Å². The summed E-state index contributed by atoms with van der Waals surface area (Å²) in [7, 11) is 0. The lowest BCUT2D eigenvalue weighted by atomic mass is 10.1. The minimum atomic E-state index is -0.997. The van der Waals surface area contributed by atoms with E-state index >= 15 is 0 Å². The van der Waals surface area contributed by atoms with Crippen LogP contribution in [0.4, 0.5) is 11.4 Å². The highest BCUT2D eigenvalue weighted by atomic mass is 35.5.